The van der Waals surface area contributed by atoms with Crippen molar-refractivity contribution in [3.05, 3.63) is 82.4 Å². The predicted octanol–water partition coefficient (Wildman–Crippen LogP) is 4.48. The molecule has 0 aliphatic carbocycles. The largest absolute Gasteiger partial charge is 0.507 e. The minimum atomic E-state index is -0.761. The molecule has 2 heterocycles. The van der Waals surface area contributed by atoms with Gasteiger partial charge in [0.25, 0.3) is 5.78 Å². The zero-order chi connectivity index (χ0) is 21.3. The molecular weight excluding hydrogens is 400 g/mol. The fourth-order valence-corrected chi connectivity index (χ4v) is 4.13. The Morgan fingerprint density at radius 3 is 2.43 bits per heavy atom. The van der Waals surface area contributed by atoms with Gasteiger partial charge in [0.05, 0.1) is 18.2 Å². The number of carbonyl (C=O) groups is 2. The molecule has 1 fully saturated rings. The summed E-state index contributed by atoms with van der Waals surface area (Å²) < 4.78 is 5.44. The van der Waals surface area contributed by atoms with Crippen LogP contribution in [-0.4, -0.2) is 28.4 Å². The minimum absolute atomic E-state index is 0.0446. The van der Waals surface area contributed by atoms with Crippen LogP contribution >= 0.6 is 11.3 Å². The Labute approximate surface area is 178 Å². The highest BCUT2D eigenvalue weighted by molar-refractivity contribution is 7.14. The van der Waals surface area contributed by atoms with E-state index in [0.29, 0.717) is 23.1 Å². The van der Waals surface area contributed by atoms with Gasteiger partial charge in [-0.05, 0) is 43.7 Å². The monoisotopic (exact) mass is 420 g/mol. The third-order valence-electron chi connectivity index (χ3n) is 4.90. The van der Waals surface area contributed by atoms with Crippen molar-refractivity contribution >= 4 is 33.9 Å². The number of aryl methyl sites for hydroxylation is 1. The standard InChI is InChI=1S/C23H20N2O4S/c1-3-29-17-10-8-16(9-11-17)20(26)18-19(15-6-4-14(2)5-7-15)25(22(28)21(18)27)23-24-12-13-30-23/h4-13,19,26H,3H2,1-2H3/b20-18+. The van der Waals surface area contributed by atoms with Crippen molar-refractivity contribution in [2.45, 2.75) is 19.9 Å². The zero-order valence-corrected chi connectivity index (χ0v) is 17.3. The average molecular weight is 420 g/mol. The van der Waals surface area contributed by atoms with Crippen molar-refractivity contribution in [3.63, 3.8) is 0 Å². The van der Waals surface area contributed by atoms with Crippen LogP contribution in [0.25, 0.3) is 5.76 Å². The van der Waals surface area contributed by atoms with Crippen LogP contribution < -0.4 is 9.64 Å². The van der Waals surface area contributed by atoms with Crippen LogP contribution in [0.3, 0.4) is 0 Å². The molecule has 0 spiro atoms. The molecule has 0 radical (unpaired) electrons. The first-order valence-corrected chi connectivity index (χ1v) is 10.4. The Bertz CT molecular complexity index is 1100. The highest BCUT2D eigenvalue weighted by Crippen LogP contribution is 2.42. The highest BCUT2D eigenvalue weighted by atomic mass is 32.1. The number of benzene rings is 2. The normalized spacial score (nSPS) is 18.1. The average Bonchev–Trinajstić information content (AvgIpc) is 3.36. The molecule has 1 amide bonds. The van der Waals surface area contributed by atoms with Crippen molar-refractivity contribution in [2.75, 3.05) is 11.5 Å². The van der Waals surface area contributed by atoms with E-state index in [1.807, 2.05) is 38.1 Å². The Kier molecular flexibility index (Phi) is 5.37. The van der Waals surface area contributed by atoms with Gasteiger partial charge in [0.2, 0.25) is 0 Å². The van der Waals surface area contributed by atoms with Crippen molar-refractivity contribution in [1.29, 1.82) is 0 Å². The summed E-state index contributed by atoms with van der Waals surface area (Å²) in [6, 6.07) is 13.6. The van der Waals surface area contributed by atoms with Gasteiger partial charge in [-0.15, -0.1) is 11.3 Å². The van der Waals surface area contributed by atoms with Crippen LogP contribution in [0.15, 0.2) is 65.7 Å². The molecule has 0 bridgehead atoms. The maximum Gasteiger partial charge on any atom is 0.301 e. The van der Waals surface area contributed by atoms with E-state index in [4.69, 9.17) is 4.74 Å². The number of aromatic nitrogens is 1. The molecule has 1 aliphatic heterocycles. The van der Waals surface area contributed by atoms with Crippen molar-refractivity contribution in [1.82, 2.24) is 4.98 Å². The summed E-state index contributed by atoms with van der Waals surface area (Å²) in [6.07, 6.45) is 1.58. The van der Waals surface area contributed by atoms with Crippen LogP contribution in [0.5, 0.6) is 5.75 Å². The van der Waals surface area contributed by atoms with E-state index in [1.165, 1.54) is 16.2 Å². The lowest BCUT2D eigenvalue weighted by Crippen LogP contribution is -2.29. The fraction of sp³-hybridized carbons (Fsp3) is 0.174. The lowest BCUT2D eigenvalue weighted by atomic mass is 9.95. The molecule has 152 valence electrons. The summed E-state index contributed by atoms with van der Waals surface area (Å²) in [5.41, 5.74) is 2.26. The summed E-state index contributed by atoms with van der Waals surface area (Å²) in [5, 5.41) is 13.2. The molecule has 2 aromatic carbocycles. The molecule has 30 heavy (non-hydrogen) atoms. The van der Waals surface area contributed by atoms with E-state index in [2.05, 4.69) is 4.98 Å². The van der Waals surface area contributed by atoms with Gasteiger partial charge in [-0.2, -0.15) is 0 Å². The van der Waals surface area contributed by atoms with Gasteiger partial charge in [0.15, 0.2) is 5.13 Å². The number of amides is 1. The lowest BCUT2D eigenvalue weighted by Gasteiger charge is -2.23. The third-order valence-corrected chi connectivity index (χ3v) is 5.67. The van der Waals surface area contributed by atoms with Gasteiger partial charge in [-0.25, -0.2) is 4.98 Å². The molecule has 1 unspecified atom stereocenters. The molecule has 3 aromatic rings. The number of anilines is 1. The number of hydrogen-bond acceptors (Lipinski definition) is 6. The topological polar surface area (TPSA) is 79.7 Å². The molecule has 6 nitrogen and oxygen atoms in total. The first kappa shape index (κ1) is 19.8. The molecule has 1 saturated heterocycles. The number of thiazole rings is 1. The van der Waals surface area contributed by atoms with Crippen molar-refractivity contribution in [2.24, 2.45) is 0 Å². The molecule has 1 aliphatic rings. The summed E-state index contributed by atoms with van der Waals surface area (Å²) in [6.45, 7) is 4.37. The molecule has 1 atom stereocenters. The first-order chi connectivity index (χ1) is 14.5. The minimum Gasteiger partial charge on any atom is -0.507 e. The summed E-state index contributed by atoms with van der Waals surface area (Å²) in [5.74, 6) is -1.00. The van der Waals surface area contributed by atoms with Crippen LogP contribution in [0, 0.1) is 6.92 Å². The van der Waals surface area contributed by atoms with Crippen molar-refractivity contribution in [3.8, 4) is 5.75 Å². The summed E-state index contributed by atoms with van der Waals surface area (Å²) >= 11 is 1.27. The van der Waals surface area contributed by atoms with Gasteiger partial charge in [0, 0.05) is 17.1 Å². The first-order valence-electron chi connectivity index (χ1n) is 9.51. The molecule has 1 N–H and O–H groups in total. The fourth-order valence-electron chi connectivity index (χ4n) is 3.46. The summed E-state index contributed by atoms with van der Waals surface area (Å²) in [7, 11) is 0. The van der Waals surface area contributed by atoms with Crippen LogP contribution in [0.1, 0.15) is 29.7 Å². The van der Waals surface area contributed by atoms with E-state index in [0.717, 1.165) is 11.1 Å². The van der Waals surface area contributed by atoms with Crippen molar-refractivity contribution < 1.29 is 19.4 Å². The summed E-state index contributed by atoms with van der Waals surface area (Å²) in [4.78, 5) is 31.5. The molecule has 1 aromatic heterocycles. The second-order valence-electron chi connectivity index (χ2n) is 6.85. The van der Waals surface area contributed by atoms with E-state index < -0.39 is 17.7 Å². The van der Waals surface area contributed by atoms with E-state index in [9.17, 15) is 14.7 Å². The number of aliphatic hydroxyl groups is 1. The Balaban J connectivity index is 1.86. The Morgan fingerprint density at radius 2 is 1.83 bits per heavy atom. The second-order valence-corrected chi connectivity index (χ2v) is 7.72. The zero-order valence-electron chi connectivity index (χ0n) is 16.5. The van der Waals surface area contributed by atoms with E-state index >= 15 is 0 Å². The number of nitrogens with zero attached hydrogens (tertiary/aromatic N) is 2. The number of ketones is 1. The molecular formula is C23H20N2O4S. The third kappa shape index (κ3) is 3.48. The Morgan fingerprint density at radius 1 is 1.13 bits per heavy atom. The van der Waals surface area contributed by atoms with Crippen LogP contribution in [0.4, 0.5) is 5.13 Å². The van der Waals surface area contributed by atoms with Gasteiger partial charge in [0.1, 0.15) is 11.5 Å². The molecule has 4 rings (SSSR count). The SMILES string of the molecule is CCOc1ccc(/C(O)=C2\C(=O)C(=O)N(c3nccs3)C2c2ccc(C)cc2)cc1. The number of Topliss-reactive ketones (excluding diaryl/α,β-unsaturated/α-hetero) is 1. The van der Waals surface area contributed by atoms with E-state index in [-0.39, 0.29) is 11.3 Å². The number of carbonyl (C=O) groups excluding carboxylic acids is 2. The number of rotatable bonds is 5. The molecule has 7 heteroatoms. The maximum atomic E-state index is 13.0. The maximum absolute atomic E-state index is 13.0. The smallest absolute Gasteiger partial charge is 0.301 e. The van der Waals surface area contributed by atoms with Gasteiger partial charge >= 0.3 is 5.91 Å². The lowest BCUT2D eigenvalue weighted by molar-refractivity contribution is -0.132. The quantitative estimate of drug-likeness (QED) is 0.374. The number of ether oxygens (including phenoxy) is 1. The van der Waals surface area contributed by atoms with Gasteiger partial charge in [-0.1, -0.05) is 29.8 Å². The van der Waals surface area contributed by atoms with Gasteiger partial charge < -0.3 is 9.84 Å². The highest BCUT2D eigenvalue weighted by Gasteiger charge is 2.47. The predicted molar refractivity (Wildman–Crippen MR) is 116 cm³/mol. The van der Waals surface area contributed by atoms with E-state index in [1.54, 1.807) is 35.8 Å². The number of aliphatic hydroxyl groups excluding tert-OH is 1. The van der Waals surface area contributed by atoms with Crippen LogP contribution in [-0.2, 0) is 9.59 Å². The van der Waals surface area contributed by atoms with Gasteiger partial charge in [-0.3, -0.25) is 14.5 Å². The van der Waals surface area contributed by atoms with Crippen LogP contribution in [0.2, 0.25) is 0 Å². The Hall–Kier alpha value is -3.45. The second kappa shape index (κ2) is 8.12. The molecule has 0 saturated carbocycles. The number of hydrogen-bond donors (Lipinski definition) is 1.